The van der Waals surface area contributed by atoms with Crippen molar-refractivity contribution in [3.05, 3.63) is 35.9 Å². The molecule has 0 amide bonds. The molecule has 2 heteroatoms. The Kier molecular flexibility index (Phi) is 6.38. The summed E-state index contributed by atoms with van der Waals surface area (Å²) in [5.74, 6) is 0.917. The summed E-state index contributed by atoms with van der Waals surface area (Å²) in [5, 5.41) is 3.44. The van der Waals surface area contributed by atoms with E-state index >= 15 is 0 Å². The molecular weight excluding hydrogens is 232 g/mol. The molecule has 0 saturated carbocycles. The van der Waals surface area contributed by atoms with Crippen molar-refractivity contribution in [2.45, 2.75) is 32.1 Å². The lowest BCUT2D eigenvalue weighted by Crippen LogP contribution is -2.34. The number of aryl methyl sites for hydroxylation is 1. The minimum absolute atomic E-state index is 0.917. The molecule has 0 aromatic heterocycles. The number of rotatable bonds is 7. The van der Waals surface area contributed by atoms with Gasteiger partial charge in [0.25, 0.3) is 0 Å². The van der Waals surface area contributed by atoms with Gasteiger partial charge >= 0.3 is 0 Å². The van der Waals surface area contributed by atoms with Crippen molar-refractivity contribution in [2.75, 3.05) is 33.2 Å². The maximum Gasteiger partial charge on any atom is 0.000755 e. The molecule has 0 aliphatic carbocycles. The number of hydrogen-bond donors (Lipinski definition) is 1. The van der Waals surface area contributed by atoms with Crippen LogP contribution in [0.1, 0.15) is 31.2 Å². The van der Waals surface area contributed by atoms with E-state index in [4.69, 9.17) is 0 Å². The van der Waals surface area contributed by atoms with Crippen LogP contribution in [0, 0.1) is 5.92 Å². The summed E-state index contributed by atoms with van der Waals surface area (Å²) < 4.78 is 0. The molecule has 1 fully saturated rings. The van der Waals surface area contributed by atoms with Crippen molar-refractivity contribution in [1.29, 1.82) is 0 Å². The van der Waals surface area contributed by atoms with E-state index in [1.807, 2.05) is 0 Å². The normalized spacial score (nSPS) is 16.9. The van der Waals surface area contributed by atoms with E-state index < -0.39 is 0 Å². The van der Waals surface area contributed by atoms with Crippen LogP contribution in [0.2, 0.25) is 0 Å². The molecule has 1 saturated heterocycles. The van der Waals surface area contributed by atoms with Crippen LogP contribution in [0.4, 0.5) is 0 Å². The Labute approximate surface area is 118 Å². The lowest BCUT2D eigenvalue weighted by Gasteiger charge is -2.27. The summed E-state index contributed by atoms with van der Waals surface area (Å²) >= 11 is 0. The van der Waals surface area contributed by atoms with E-state index in [-0.39, 0.29) is 0 Å². The predicted octanol–water partition coefficient (Wildman–Crippen LogP) is 2.94. The Morgan fingerprint density at radius 1 is 1.11 bits per heavy atom. The number of benzene rings is 1. The molecule has 19 heavy (non-hydrogen) atoms. The smallest absolute Gasteiger partial charge is 0.000755 e. The third-order valence-electron chi connectivity index (χ3n) is 4.13. The molecule has 1 heterocycles. The number of unbranched alkanes of at least 4 members (excludes halogenated alkanes) is 1. The predicted molar refractivity (Wildman–Crippen MR) is 82.5 cm³/mol. The van der Waals surface area contributed by atoms with E-state index in [0.717, 1.165) is 5.92 Å². The van der Waals surface area contributed by atoms with E-state index in [1.54, 1.807) is 0 Å². The van der Waals surface area contributed by atoms with Gasteiger partial charge in [-0.15, -0.1) is 0 Å². The SMILES string of the molecule is CN(CCCCc1ccccc1)CC1CCNCC1. The van der Waals surface area contributed by atoms with Crippen molar-refractivity contribution < 1.29 is 0 Å². The molecule has 1 aliphatic rings. The lowest BCUT2D eigenvalue weighted by atomic mass is 9.97. The van der Waals surface area contributed by atoms with E-state index in [9.17, 15) is 0 Å². The molecule has 2 rings (SSSR count). The first kappa shape index (κ1) is 14.5. The second kappa shape index (κ2) is 8.34. The van der Waals surface area contributed by atoms with Gasteiger partial charge in [-0.3, -0.25) is 0 Å². The first-order valence-electron chi connectivity index (χ1n) is 7.78. The van der Waals surface area contributed by atoms with Gasteiger partial charge in [0.05, 0.1) is 0 Å². The van der Waals surface area contributed by atoms with Gasteiger partial charge in [0.2, 0.25) is 0 Å². The van der Waals surface area contributed by atoms with Crippen LogP contribution in [-0.4, -0.2) is 38.1 Å². The van der Waals surface area contributed by atoms with Gasteiger partial charge in [-0.1, -0.05) is 30.3 Å². The van der Waals surface area contributed by atoms with Crippen LogP contribution in [0.15, 0.2) is 30.3 Å². The molecule has 0 atom stereocenters. The highest BCUT2D eigenvalue weighted by Crippen LogP contribution is 2.13. The first-order chi connectivity index (χ1) is 9.34. The summed E-state index contributed by atoms with van der Waals surface area (Å²) in [7, 11) is 2.28. The molecular formula is C17H28N2. The standard InChI is InChI=1S/C17H28N2/c1-19(15-17-10-12-18-13-11-17)14-6-5-9-16-7-3-2-4-8-16/h2-4,7-8,17-18H,5-6,9-15H2,1H3. The summed E-state index contributed by atoms with van der Waals surface area (Å²) in [5.41, 5.74) is 1.48. The molecule has 1 N–H and O–H groups in total. The Balaban J connectivity index is 1.55. The van der Waals surface area contributed by atoms with Crippen molar-refractivity contribution in [1.82, 2.24) is 10.2 Å². The maximum absolute atomic E-state index is 3.44. The van der Waals surface area contributed by atoms with Gasteiger partial charge in [0.15, 0.2) is 0 Å². The van der Waals surface area contributed by atoms with E-state index in [0.29, 0.717) is 0 Å². The summed E-state index contributed by atoms with van der Waals surface area (Å²) in [6.07, 6.45) is 6.56. The zero-order chi connectivity index (χ0) is 13.3. The summed E-state index contributed by atoms with van der Waals surface area (Å²) in [4.78, 5) is 2.53. The van der Waals surface area contributed by atoms with Gasteiger partial charge in [-0.2, -0.15) is 0 Å². The molecule has 0 radical (unpaired) electrons. The summed E-state index contributed by atoms with van der Waals surface area (Å²) in [6, 6.07) is 10.8. The molecule has 106 valence electrons. The highest BCUT2D eigenvalue weighted by molar-refractivity contribution is 5.14. The number of piperidine rings is 1. The quantitative estimate of drug-likeness (QED) is 0.758. The Morgan fingerprint density at radius 3 is 2.58 bits per heavy atom. The van der Waals surface area contributed by atoms with Gasteiger partial charge < -0.3 is 10.2 Å². The van der Waals surface area contributed by atoms with Gasteiger partial charge in [-0.25, -0.2) is 0 Å². The van der Waals surface area contributed by atoms with Crippen LogP contribution in [0.25, 0.3) is 0 Å². The zero-order valence-electron chi connectivity index (χ0n) is 12.3. The fraction of sp³-hybridized carbons (Fsp3) is 0.647. The monoisotopic (exact) mass is 260 g/mol. The molecule has 1 aromatic carbocycles. The fourth-order valence-electron chi connectivity index (χ4n) is 2.95. The highest BCUT2D eigenvalue weighted by Gasteiger charge is 2.14. The molecule has 1 aromatic rings. The third kappa shape index (κ3) is 5.75. The van der Waals surface area contributed by atoms with Crippen LogP contribution in [0.3, 0.4) is 0 Å². The average Bonchev–Trinajstić information content (AvgIpc) is 2.46. The molecule has 1 aliphatic heterocycles. The molecule has 0 spiro atoms. The first-order valence-corrected chi connectivity index (χ1v) is 7.78. The minimum Gasteiger partial charge on any atom is -0.317 e. The average molecular weight is 260 g/mol. The Hall–Kier alpha value is -0.860. The van der Waals surface area contributed by atoms with Crippen molar-refractivity contribution in [2.24, 2.45) is 5.92 Å². The lowest BCUT2D eigenvalue weighted by molar-refractivity contribution is 0.237. The highest BCUT2D eigenvalue weighted by atomic mass is 15.1. The number of nitrogens with zero attached hydrogens (tertiary/aromatic N) is 1. The number of hydrogen-bond acceptors (Lipinski definition) is 2. The second-order valence-corrected chi connectivity index (χ2v) is 5.90. The third-order valence-corrected chi connectivity index (χ3v) is 4.13. The Morgan fingerprint density at radius 2 is 1.84 bits per heavy atom. The second-order valence-electron chi connectivity index (χ2n) is 5.90. The van der Waals surface area contributed by atoms with Gasteiger partial charge in [0, 0.05) is 6.54 Å². The van der Waals surface area contributed by atoms with Crippen molar-refractivity contribution in [3.8, 4) is 0 Å². The van der Waals surface area contributed by atoms with Crippen LogP contribution in [-0.2, 0) is 6.42 Å². The van der Waals surface area contributed by atoms with E-state index in [1.165, 1.54) is 63.8 Å². The van der Waals surface area contributed by atoms with Crippen LogP contribution >= 0.6 is 0 Å². The largest absolute Gasteiger partial charge is 0.317 e. The van der Waals surface area contributed by atoms with E-state index in [2.05, 4.69) is 47.6 Å². The van der Waals surface area contributed by atoms with Crippen molar-refractivity contribution in [3.63, 3.8) is 0 Å². The van der Waals surface area contributed by atoms with Crippen LogP contribution < -0.4 is 5.32 Å². The maximum atomic E-state index is 3.44. The van der Waals surface area contributed by atoms with Gasteiger partial charge in [0.1, 0.15) is 0 Å². The molecule has 0 unspecified atom stereocenters. The topological polar surface area (TPSA) is 15.3 Å². The van der Waals surface area contributed by atoms with Crippen molar-refractivity contribution >= 4 is 0 Å². The molecule has 0 bridgehead atoms. The van der Waals surface area contributed by atoms with Gasteiger partial charge in [-0.05, 0) is 70.3 Å². The minimum atomic E-state index is 0.917. The fourth-order valence-corrected chi connectivity index (χ4v) is 2.95. The Bertz CT molecular complexity index is 330. The summed E-state index contributed by atoms with van der Waals surface area (Å²) in [6.45, 7) is 4.96. The number of nitrogens with one attached hydrogen (secondary N) is 1. The molecule has 2 nitrogen and oxygen atoms in total. The van der Waals surface area contributed by atoms with Crippen LogP contribution in [0.5, 0.6) is 0 Å². The zero-order valence-corrected chi connectivity index (χ0v) is 12.3.